The van der Waals surface area contributed by atoms with Crippen molar-refractivity contribution in [3.05, 3.63) is 23.8 Å². The number of anilines is 1. The van der Waals surface area contributed by atoms with Crippen molar-refractivity contribution in [2.24, 2.45) is 0 Å². The van der Waals surface area contributed by atoms with E-state index in [1.807, 2.05) is 0 Å². The summed E-state index contributed by atoms with van der Waals surface area (Å²) in [6, 6.07) is 4.87. The van der Waals surface area contributed by atoms with Crippen LogP contribution in [0.5, 0.6) is 5.75 Å². The van der Waals surface area contributed by atoms with E-state index in [4.69, 9.17) is 10.5 Å². The minimum absolute atomic E-state index is 0.0650. The van der Waals surface area contributed by atoms with Gasteiger partial charge in [0.25, 0.3) is 0 Å². The lowest BCUT2D eigenvalue weighted by atomic mass is 10.1. The molecule has 18 heavy (non-hydrogen) atoms. The maximum absolute atomic E-state index is 11.9. The van der Waals surface area contributed by atoms with Gasteiger partial charge in [-0.25, -0.2) is 0 Å². The Hall–Kier alpha value is -2.04. The molecule has 1 aromatic rings. The molecule has 0 heterocycles. The Morgan fingerprint density at radius 1 is 1.28 bits per heavy atom. The van der Waals surface area contributed by atoms with Crippen LogP contribution < -0.4 is 10.5 Å². The van der Waals surface area contributed by atoms with Gasteiger partial charge in [0.1, 0.15) is 5.75 Å². The Morgan fingerprint density at radius 2 is 1.94 bits per heavy atom. The molecule has 0 atom stereocenters. The molecule has 98 valence electrons. The molecule has 0 aliphatic rings. The van der Waals surface area contributed by atoms with Crippen molar-refractivity contribution in [2.45, 2.75) is 12.8 Å². The molecule has 0 bridgehead atoms. The van der Waals surface area contributed by atoms with E-state index in [0.29, 0.717) is 17.0 Å². The second-order valence-electron chi connectivity index (χ2n) is 4.17. The van der Waals surface area contributed by atoms with Gasteiger partial charge in [0.2, 0.25) is 5.91 Å². The Balaban J connectivity index is 2.68. The summed E-state index contributed by atoms with van der Waals surface area (Å²) in [5, 5.41) is 0. The molecule has 2 N–H and O–H groups in total. The molecule has 0 aromatic heterocycles. The first-order valence-electron chi connectivity index (χ1n) is 5.62. The summed E-state index contributed by atoms with van der Waals surface area (Å²) in [4.78, 5) is 24.7. The molecule has 5 heteroatoms. The van der Waals surface area contributed by atoms with Crippen LogP contribution in [0.3, 0.4) is 0 Å². The van der Waals surface area contributed by atoms with Crippen LogP contribution in [0.25, 0.3) is 0 Å². The summed E-state index contributed by atoms with van der Waals surface area (Å²) in [6.07, 6.45) is 0.389. The highest BCUT2D eigenvalue weighted by molar-refractivity contribution is 5.98. The zero-order valence-corrected chi connectivity index (χ0v) is 10.9. The largest absolute Gasteiger partial charge is 0.495 e. The smallest absolute Gasteiger partial charge is 0.222 e. The fourth-order valence-corrected chi connectivity index (χ4v) is 1.50. The van der Waals surface area contributed by atoms with Crippen molar-refractivity contribution < 1.29 is 14.3 Å². The van der Waals surface area contributed by atoms with Crippen molar-refractivity contribution in [2.75, 3.05) is 26.9 Å². The number of benzene rings is 1. The van der Waals surface area contributed by atoms with Crippen LogP contribution in [0.1, 0.15) is 23.2 Å². The highest BCUT2D eigenvalue weighted by Gasteiger charge is 2.12. The number of hydrogen-bond acceptors (Lipinski definition) is 4. The number of amides is 1. The SMILES string of the molecule is COc1ccc(C(=O)CCC(=O)N(C)C)cc1N. The standard InChI is InChI=1S/C13H18N2O3/c1-15(2)13(17)7-5-11(16)9-4-6-12(18-3)10(14)8-9/h4,6,8H,5,7,14H2,1-3H3. The number of rotatable bonds is 5. The fourth-order valence-electron chi connectivity index (χ4n) is 1.50. The average Bonchev–Trinajstić information content (AvgIpc) is 2.35. The fraction of sp³-hybridized carbons (Fsp3) is 0.385. The van der Waals surface area contributed by atoms with Gasteiger partial charge in [0.05, 0.1) is 12.8 Å². The summed E-state index contributed by atoms with van der Waals surface area (Å²) < 4.78 is 5.01. The molecule has 0 unspecified atom stereocenters. The Morgan fingerprint density at radius 3 is 2.44 bits per heavy atom. The predicted octanol–water partition coefficient (Wildman–Crippen LogP) is 1.33. The normalized spacial score (nSPS) is 9.94. The van der Waals surface area contributed by atoms with Crippen molar-refractivity contribution in [1.29, 1.82) is 0 Å². The van der Waals surface area contributed by atoms with Gasteiger partial charge in [-0.1, -0.05) is 0 Å². The van der Waals surface area contributed by atoms with Crippen LogP contribution in [0, 0.1) is 0 Å². The van der Waals surface area contributed by atoms with Gasteiger partial charge in [0, 0.05) is 32.5 Å². The molecule has 0 saturated heterocycles. The van der Waals surface area contributed by atoms with E-state index in [0.717, 1.165) is 0 Å². The molecule has 1 rings (SSSR count). The van der Waals surface area contributed by atoms with E-state index < -0.39 is 0 Å². The highest BCUT2D eigenvalue weighted by atomic mass is 16.5. The minimum Gasteiger partial charge on any atom is -0.495 e. The number of nitrogens with two attached hydrogens (primary N) is 1. The first-order chi connectivity index (χ1) is 8.45. The zero-order valence-electron chi connectivity index (χ0n) is 10.9. The molecule has 0 saturated carbocycles. The quantitative estimate of drug-likeness (QED) is 0.632. The first-order valence-corrected chi connectivity index (χ1v) is 5.62. The lowest BCUT2D eigenvalue weighted by Crippen LogP contribution is -2.22. The maximum atomic E-state index is 11.9. The lowest BCUT2D eigenvalue weighted by Gasteiger charge is -2.10. The van der Waals surface area contributed by atoms with Crippen molar-refractivity contribution >= 4 is 17.4 Å². The molecule has 5 nitrogen and oxygen atoms in total. The van der Waals surface area contributed by atoms with Gasteiger partial charge in [0.15, 0.2) is 5.78 Å². The van der Waals surface area contributed by atoms with Gasteiger partial charge in [-0.2, -0.15) is 0 Å². The van der Waals surface area contributed by atoms with Crippen LogP contribution in [0.4, 0.5) is 5.69 Å². The van der Waals surface area contributed by atoms with Gasteiger partial charge >= 0.3 is 0 Å². The molecule has 0 aliphatic heterocycles. The third-order valence-electron chi connectivity index (χ3n) is 2.62. The van der Waals surface area contributed by atoms with Gasteiger partial charge < -0.3 is 15.4 Å². The average molecular weight is 250 g/mol. The van der Waals surface area contributed by atoms with E-state index in [1.165, 1.54) is 12.0 Å². The molecule has 0 radical (unpaired) electrons. The minimum atomic E-state index is -0.0976. The Kier molecular flexibility index (Phi) is 4.71. The second kappa shape index (κ2) is 6.05. The zero-order chi connectivity index (χ0) is 13.7. The Labute approximate surface area is 107 Å². The topological polar surface area (TPSA) is 72.6 Å². The number of carbonyl (C=O) groups excluding carboxylic acids is 2. The number of ketones is 1. The lowest BCUT2D eigenvalue weighted by molar-refractivity contribution is -0.128. The monoisotopic (exact) mass is 250 g/mol. The summed E-state index contributed by atoms with van der Waals surface area (Å²) in [5.74, 6) is 0.375. The van der Waals surface area contributed by atoms with E-state index >= 15 is 0 Å². The summed E-state index contributed by atoms with van der Waals surface area (Å²) in [5.41, 5.74) is 6.64. The molecule has 1 amide bonds. The van der Waals surface area contributed by atoms with Crippen molar-refractivity contribution in [3.63, 3.8) is 0 Å². The molecule has 0 aliphatic carbocycles. The highest BCUT2D eigenvalue weighted by Crippen LogP contribution is 2.22. The van der Waals surface area contributed by atoms with E-state index in [2.05, 4.69) is 0 Å². The van der Waals surface area contributed by atoms with Crippen LogP contribution in [-0.2, 0) is 4.79 Å². The number of ether oxygens (including phenoxy) is 1. The number of methoxy groups -OCH3 is 1. The summed E-state index contributed by atoms with van der Waals surface area (Å²) in [7, 11) is 4.85. The molecule has 1 aromatic carbocycles. The van der Waals surface area contributed by atoms with Crippen LogP contribution in [-0.4, -0.2) is 37.8 Å². The number of hydrogen-bond donors (Lipinski definition) is 1. The van der Waals surface area contributed by atoms with Gasteiger partial charge in [-0.15, -0.1) is 0 Å². The van der Waals surface area contributed by atoms with Gasteiger partial charge in [-0.05, 0) is 18.2 Å². The predicted molar refractivity (Wildman–Crippen MR) is 69.7 cm³/mol. The molecular weight excluding hydrogens is 232 g/mol. The second-order valence-corrected chi connectivity index (χ2v) is 4.17. The maximum Gasteiger partial charge on any atom is 0.222 e. The number of carbonyl (C=O) groups is 2. The summed E-state index contributed by atoms with van der Waals surface area (Å²) in [6.45, 7) is 0. The Bertz CT molecular complexity index is 456. The molecular formula is C13H18N2O3. The molecule has 0 spiro atoms. The number of nitrogen functional groups attached to an aromatic ring is 1. The third-order valence-corrected chi connectivity index (χ3v) is 2.62. The van der Waals surface area contributed by atoms with E-state index in [9.17, 15) is 9.59 Å². The van der Waals surface area contributed by atoms with Crippen LogP contribution >= 0.6 is 0 Å². The van der Waals surface area contributed by atoms with Gasteiger partial charge in [-0.3, -0.25) is 9.59 Å². The molecule has 0 fully saturated rings. The van der Waals surface area contributed by atoms with E-state index in [-0.39, 0.29) is 24.5 Å². The van der Waals surface area contributed by atoms with Crippen LogP contribution in [0.2, 0.25) is 0 Å². The third kappa shape index (κ3) is 3.48. The number of nitrogens with zero attached hydrogens (tertiary/aromatic N) is 1. The van der Waals surface area contributed by atoms with E-state index in [1.54, 1.807) is 32.3 Å². The van der Waals surface area contributed by atoms with Crippen LogP contribution in [0.15, 0.2) is 18.2 Å². The first kappa shape index (κ1) is 14.0. The number of Topliss-reactive ketones (excluding diaryl/α,β-unsaturated/α-hetero) is 1. The van der Waals surface area contributed by atoms with Crippen molar-refractivity contribution in [3.8, 4) is 5.75 Å². The summed E-state index contributed by atoms with van der Waals surface area (Å²) >= 11 is 0. The van der Waals surface area contributed by atoms with Crippen molar-refractivity contribution in [1.82, 2.24) is 4.90 Å².